The van der Waals surface area contributed by atoms with Crippen LogP contribution in [0, 0.1) is 5.92 Å². The average molecular weight is 374 g/mol. The van der Waals surface area contributed by atoms with Crippen molar-refractivity contribution in [2.45, 2.75) is 51.2 Å². The molecule has 0 heterocycles. The molecule has 1 saturated carbocycles. The summed E-state index contributed by atoms with van der Waals surface area (Å²) in [7, 11) is 0. The summed E-state index contributed by atoms with van der Waals surface area (Å²) in [5.74, 6) is -1.42. The lowest BCUT2D eigenvalue weighted by atomic mass is 9.80. The Bertz CT molecular complexity index is 521. The summed E-state index contributed by atoms with van der Waals surface area (Å²) < 4.78 is 78.7. The van der Waals surface area contributed by atoms with Crippen LogP contribution in [0.2, 0.25) is 0 Å². The van der Waals surface area contributed by atoms with Gasteiger partial charge >= 0.3 is 18.4 Å². The number of rotatable bonds is 6. The molecule has 0 radical (unpaired) electrons. The Hall–Kier alpha value is -1.87. The maximum absolute atomic E-state index is 12.4. The summed E-state index contributed by atoms with van der Waals surface area (Å²) >= 11 is 0. The number of allylic oxidation sites excluding steroid dienone is 1. The number of amides is 2. The molecule has 1 rings (SSSR count). The highest BCUT2D eigenvalue weighted by atomic mass is 19.4. The Morgan fingerprint density at radius 2 is 1.84 bits per heavy atom. The van der Waals surface area contributed by atoms with Gasteiger partial charge in [-0.25, -0.2) is 4.79 Å². The Morgan fingerprint density at radius 3 is 2.32 bits per heavy atom. The molecular weight excluding hydrogens is 354 g/mol. The van der Waals surface area contributed by atoms with Crippen molar-refractivity contribution in [2.75, 3.05) is 6.54 Å². The summed E-state index contributed by atoms with van der Waals surface area (Å²) in [6.45, 7) is 5.66. The van der Waals surface area contributed by atoms with Crippen LogP contribution in [0.15, 0.2) is 24.0 Å². The zero-order chi connectivity index (χ0) is 19.4. The molecule has 0 saturated heterocycles. The van der Waals surface area contributed by atoms with E-state index in [4.69, 9.17) is 0 Å². The largest absolute Gasteiger partial charge is 0.486 e. The first kappa shape index (κ1) is 21.2. The number of carbonyl (C=O) groups is 1. The third kappa shape index (κ3) is 7.27. The maximum atomic E-state index is 12.4. The predicted molar refractivity (Wildman–Crippen MR) is 78.6 cm³/mol. The van der Waals surface area contributed by atoms with Gasteiger partial charge in [0.05, 0.1) is 11.7 Å². The van der Waals surface area contributed by atoms with E-state index >= 15 is 0 Å². The van der Waals surface area contributed by atoms with E-state index in [1.54, 1.807) is 0 Å². The molecule has 1 fully saturated rings. The smallest absolute Gasteiger partial charge is 0.425 e. The van der Waals surface area contributed by atoms with Gasteiger partial charge in [-0.1, -0.05) is 6.58 Å². The summed E-state index contributed by atoms with van der Waals surface area (Å²) in [5.41, 5.74) is 0.281. The molecule has 2 amide bonds. The van der Waals surface area contributed by atoms with Crippen LogP contribution in [0.5, 0.6) is 0 Å². The van der Waals surface area contributed by atoms with Gasteiger partial charge in [-0.3, -0.25) is 0 Å². The molecular formula is C15H20F6N2O2. The normalized spacial score (nSPS) is 22.6. The molecule has 25 heavy (non-hydrogen) atoms. The minimum Gasteiger partial charge on any atom is -0.486 e. The van der Waals surface area contributed by atoms with Gasteiger partial charge in [-0.15, -0.1) is 0 Å². The fraction of sp³-hybridized carbons (Fsp3) is 0.667. The van der Waals surface area contributed by atoms with Crippen LogP contribution >= 0.6 is 0 Å². The quantitative estimate of drug-likeness (QED) is 0.419. The van der Waals surface area contributed by atoms with Gasteiger partial charge in [0.25, 0.3) is 0 Å². The number of halogens is 6. The second-order valence-corrected chi connectivity index (χ2v) is 5.95. The molecule has 0 aliphatic heterocycles. The Kier molecular flexibility index (Phi) is 6.78. The third-order valence-corrected chi connectivity index (χ3v) is 3.64. The number of hydrogen-bond acceptors (Lipinski definition) is 2. The zero-order valence-corrected chi connectivity index (χ0v) is 13.7. The second kappa shape index (κ2) is 8.01. The van der Waals surface area contributed by atoms with E-state index in [1.807, 2.05) is 0 Å². The van der Waals surface area contributed by atoms with Gasteiger partial charge in [0.1, 0.15) is 0 Å². The number of urea groups is 1. The first-order valence-electron chi connectivity index (χ1n) is 7.49. The standard InChI is InChI=1S/C15H20F6N2O2/c1-8(4-9(2)25-10(3)14(16,17)18)7-22-13(24)23-12-5-11(6-12)15(19,20)21/h4,10-12H,1,5-7H2,2-3H3,(H2,22,23,24)/b9-4+. The van der Waals surface area contributed by atoms with Crippen LogP contribution in [0.3, 0.4) is 0 Å². The fourth-order valence-electron chi connectivity index (χ4n) is 2.15. The summed E-state index contributed by atoms with van der Waals surface area (Å²) in [6, 6.07) is -1.21. The summed E-state index contributed by atoms with van der Waals surface area (Å²) in [6.07, 6.45) is -9.82. The van der Waals surface area contributed by atoms with Crippen molar-refractivity contribution in [3.63, 3.8) is 0 Å². The lowest BCUT2D eigenvalue weighted by Crippen LogP contribution is -2.51. The Balaban J connectivity index is 2.30. The van der Waals surface area contributed by atoms with E-state index in [0.717, 1.165) is 6.92 Å². The Labute approximate surface area is 141 Å². The van der Waals surface area contributed by atoms with Crippen LogP contribution in [-0.2, 0) is 4.74 Å². The lowest BCUT2D eigenvalue weighted by molar-refractivity contribution is -0.203. The molecule has 0 aromatic rings. The second-order valence-electron chi connectivity index (χ2n) is 5.95. The fourth-order valence-corrected chi connectivity index (χ4v) is 2.15. The minimum absolute atomic E-state index is 0.0240. The SMILES string of the molecule is C=C(/C=C(\C)OC(C)C(F)(F)F)CNC(=O)NC1CC(C(F)(F)F)C1. The number of alkyl halides is 6. The molecule has 1 aliphatic carbocycles. The van der Waals surface area contributed by atoms with Crippen molar-refractivity contribution in [3.05, 3.63) is 24.0 Å². The average Bonchev–Trinajstić information content (AvgIpc) is 2.37. The van der Waals surface area contributed by atoms with Crippen molar-refractivity contribution in [1.29, 1.82) is 0 Å². The molecule has 0 aromatic heterocycles. The molecule has 1 unspecified atom stereocenters. The van der Waals surface area contributed by atoms with Gasteiger partial charge in [-0.05, 0) is 38.3 Å². The number of ether oxygens (including phenoxy) is 1. The predicted octanol–water partition coefficient (Wildman–Crippen LogP) is 4.05. The number of carbonyl (C=O) groups excluding carboxylic acids is 1. The molecule has 4 nitrogen and oxygen atoms in total. The van der Waals surface area contributed by atoms with Crippen LogP contribution in [-0.4, -0.2) is 37.1 Å². The van der Waals surface area contributed by atoms with E-state index in [2.05, 4.69) is 21.9 Å². The molecule has 0 aromatic carbocycles. The molecule has 144 valence electrons. The van der Waals surface area contributed by atoms with Crippen LogP contribution in [0.4, 0.5) is 31.1 Å². The van der Waals surface area contributed by atoms with Crippen LogP contribution < -0.4 is 10.6 Å². The van der Waals surface area contributed by atoms with Gasteiger partial charge in [-0.2, -0.15) is 26.3 Å². The Morgan fingerprint density at radius 1 is 1.28 bits per heavy atom. The van der Waals surface area contributed by atoms with E-state index in [1.165, 1.54) is 13.0 Å². The first-order chi connectivity index (χ1) is 11.3. The highest BCUT2D eigenvalue weighted by Gasteiger charge is 2.48. The van der Waals surface area contributed by atoms with Gasteiger partial charge in [0, 0.05) is 12.6 Å². The molecule has 2 N–H and O–H groups in total. The van der Waals surface area contributed by atoms with Crippen molar-refractivity contribution < 1.29 is 35.9 Å². The molecule has 1 aliphatic rings. The van der Waals surface area contributed by atoms with Crippen molar-refractivity contribution in [1.82, 2.24) is 10.6 Å². The van der Waals surface area contributed by atoms with E-state index in [9.17, 15) is 31.1 Å². The van der Waals surface area contributed by atoms with Crippen molar-refractivity contribution >= 4 is 6.03 Å². The topological polar surface area (TPSA) is 50.4 Å². The molecule has 10 heteroatoms. The highest BCUT2D eigenvalue weighted by Crippen LogP contribution is 2.40. The van der Waals surface area contributed by atoms with Crippen LogP contribution in [0.1, 0.15) is 26.7 Å². The van der Waals surface area contributed by atoms with E-state index in [-0.39, 0.29) is 30.7 Å². The zero-order valence-electron chi connectivity index (χ0n) is 13.7. The van der Waals surface area contributed by atoms with Crippen molar-refractivity contribution in [2.24, 2.45) is 5.92 Å². The highest BCUT2D eigenvalue weighted by molar-refractivity contribution is 5.74. The maximum Gasteiger partial charge on any atom is 0.425 e. The summed E-state index contributed by atoms with van der Waals surface area (Å²) in [5, 5.41) is 4.76. The van der Waals surface area contributed by atoms with E-state index < -0.39 is 36.4 Å². The third-order valence-electron chi connectivity index (χ3n) is 3.64. The van der Waals surface area contributed by atoms with Gasteiger partial charge in [0.2, 0.25) is 0 Å². The summed E-state index contributed by atoms with van der Waals surface area (Å²) in [4.78, 5) is 11.6. The van der Waals surface area contributed by atoms with Crippen LogP contribution in [0.25, 0.3) is 0 Å². The van der Waals surface area contributed by atoms with Gasteiger partial charge < -0.3 is 15.4 Å². The number of nitrogens with one attached hydrogen (secondary N) is 2. The van der Waals surface area contributed by atoms with E-state index in [0.29, 0.717) is 0 Å². The van der Waals surface area contributed by atoms with Gasteiger partial charge in [0.15, 0.2) is 6.10 Å². The molecule has 0 bridgehead atoms. The number of hydrogen-bond donors (Lipinski definition) is 2. The minimum atomic E-state index is -4.49. The lowest BCUT2D eigenvalue weighted by Gasteiger charge is -2.36. The monoisotopic (exact) mass is 374 g/mol. The first-order valence-corrected chi connectivity index (χ1v) is 7.49. The molecule has 1 atom stereocenters. The van der Waals surface area contributed by atoms with Crippen molar-refractivity contribution in [3.8, 4) is 0 Å². The molecule has 0 spiro atoms.